The van der Waals surface area contributed by atoms with Gasteiger partial charge in [-0.05, 0) is 19.3 Å². The van der Waals surface area contributed by atoms with Crippen molar-refractivity contribution in [3.8, 4) is 0 Å². The van der Waals surface area contributed by atoms with Crippen molar-refractivity contribution in [1.29, 1.82) is 0 Å². The highest BCUT2D eigenvalue weighted by molar-refractivity contribution is 5.74. The van der Waals surface area contributed by atoms with Crippen molar-refractivity contribution in [2.45, 2.75) is 37.5 Å². The maximum Gasteiger partial charge on any atom is 0.312 e. The number of carbonyl (C=O) groups excluding carboxylic acids is 1. The van der Waals surface area contributed by atoms with E-state index in [9.17, 15) is 9.90 Å². The fourth-order valence-corrected chi connectivity index (χ4v) is 2.48. The average Bonchev–Trinajstić information content (AvgIpc) is 2.48. The van der Waals surface area contributed by atoms with Gasteiger partial charge in [-0.25, -0.2) is 0 Å². The van der Waals surface area contributed by atoms with Crippen LogP contribution < -0.4 is 5.32 Å². The van der Waals surface area contributed by atoms with Gasteiger partial charge in [-0.3, -0.25) is 4.79 Å². The zero-order chi connectivity index (χ0) is 9.42. The Morgan fingerprint density at radius 2 is 2.31 bits per heavy atom. The smallest absolute Gasteiger partial charge is 0.312 e. The van der Waals surface area contributed by atoms with Crippen molar-refractivity contribution in [1.82, 2.24) is 5.32 Å². The first kappa shape index (κ1) is 8.97. The van der Waals surface area contributed by atoms with Gasteiger partial charge >= 0.3 is 5.97 Å². The largest absolute Gasteiger partial charge is 0.469 e. The Morgan fingerprint density at radius 3 is 3.00 bits per heavy atom. The second kappa shape index (κ2) is 3.27. The molecule has 74 valence electrons. The van der Waals surface area contributed by atoms with Crippen LogP contribution in [0.1, 0.15) is 19.3 Å². The highest BCUT2D eigenvalue weighted by atomic mass is 16.5. The topological polar surface area (TPSA) is 58.6 Å². The molecule has 0 radical (unpaired) electrons. The van der Waals surface area contributed by atoms with Crippen LogP contribution in [-0.4, -0.2) is 36.4 Å². The van der Waals surface area contributed by atoms with E-state index in [1.807, 2.05) is 0 Å². The van der Waals surface area contributed by atoms with Crippen molar-refractivity contribution < 1.29 is 14.6 Å². The van der Waals surface area contributed by atoms with Crippen molar-refractivity contribution >= 4 is 5.97 Å². The summed E-state index contributed by atoms with van der Waals surface area (Å²) < 4.78 is 4.67. The van der Waals surface area contributed by atoms with Crippen molar-refractivity contribution in [2.24, 2.45) is 5.92 Å². The van der Waals surface area contributed by atoms with Crippen LogP contribution in [-0.2, 0) is 9.53 Å². The van der Waals surface area contributed by atoms with E-state index < -0.39 is 6.10 Å². The molecule has 2 aliphatic rings. The van der Waals surface area contributed by atoms with E-state index in [-0.39, 0.29) is 17.9 Å². The van der Waals surface area contributed by atoms with Crippen LogP contribution in [0, 0.1) is 5.92 Å². The lowest BCUT2D eigenvalue weighted by Gasteiger charge is -2.32. The van der Waals surface area contributed by atoms with Crippen LogP contribution in [0.15, 0.2) is 0 Å². The summed E-state index contributed by atoms with van der Waals surface area (Å²) in [6, 6.07) is 0.530. The van der Waals surface area contributed by atoms with Crippen LogP contribution in [0.5, 0.6) is 0 Å². The molecule has 0 saturated carbocycles. The van der Waals surface area contributed by atoms with Gasteiger partial charge < -0.3 is 15.2 Å². The van der Waals surface area contributed by atoms with Gasteiger partial charge in [-0.1, -0.05) is 0 Å². The first-order chi connectivity index (χ1) is 6.22. The van der Waals surface area contributed by atoms with Gasteiger partial charge in [0.2, 0.25) is 0 Å². The van der Waals surface area contributed by atoms with Gasteiger partial charge in [0.1, 0.15) is 0 Å². The Kier molecular flexibility index (Phi) is 2.26. The van der Waals surface area contributed by atoms with E-state index in [2.05, 4.69) is 10.1 Å². The van der Waals surface area contributed by atoms with E-state index in [1.54, 1.807) is 0 Å². The molecule has 0 aromatic carbocycles. The maximum absolute atomic E-state index is 11.3. The Morgan fingerprint density at radius 1 is 1.54 bits per heavy atom. The predicted molar refractivity (Wildman–Crippen MR) is 46.1 cm³/mol. The molecule has 2 fully saturated rings. The first-order valence-electron chi connectivity index (χ1n) is 4.74. The molecule has 0 unspecified atom stereocenters. The van der Waals surface area contributed by atoms with Crippen LogP contribution >= 0.6 is 0 Å². The summed E-state index contributed by atoms with van der Waals surface area (Å²) in [5.41, 5.74) is 0. The zero-order valence-corrected chi connectivity index (χ0v) is 7.69. The Balaban J connectivity index is 2.11. The van der Waals surface area contributed by atoms with Gasteiger partial charge in [-0.2, -0.15) is 0 Å². The average molecular weight is 185 g/mol. The Labute approximate surface area is 77.3 Å². The standard InChI is InChI=1S/C9H15NO3/c1-13-9(12)8-6-3-2-5(10-6)4-7(8)11/h5-8,10-11H,2-4H2,1H3/t5-,6+,7-,8+/m0/s1. The number of ether oxygens (including phenoxy) is 1. The van der Waals surface area contributed by atoms with Crippen LogP contribution in [0.2, 0.25) is 0 Å². The zero-order valence-electron chi connectivity index (χ0n) is 7.69. The van der Waals surface area contributed by atoms with E-state index in [0.717, 1.165) is 12.8 Å². The monoisotopic (exact) mass is 185 g/mol. The second-order valence-electron chi connectivity index (χ2n) is 3.90. The summed E-state index contributed by atoms with van der Waals surface area (Å²) in [7, 11) is 1.37. The number of aliphatic hydroxyl groups excluding tert-OH is 1. The van der Waals surface area contributed by atoms with Crippen LogP contribution in [0.4, 0.5) is 0 Å². The number of aliphatic hydroxyl groups is 1. The number of methoxy groups -OCH3 is 1. The van der Waals surface area contributed by atoms with Crippen molar-refractivity contribution in [3.05, 3.63) is 0 Å². The molecule has 2 rings (SSSR count). The summed E-state index contributed by atoms with van der Waals surface area (Å²) in [5.74, 6) is -0.644. The number of piperidine rings is 1. The Bertz CT molecular complexity index is 219. The molecule has 4 atom stereocenters. The highest BCUT2D eigenvalue weighted by Crippen LogP contribution is 2.32. The third-order valence-electron chi connectivity index (χ3n) is 3.12. The number of hydrogen-bond donors (Lipinski definition) is 2. The summed E-state index contributed by atoms with van der Waals surface area (Å²) >= 11 is 0. The number of esters is 1. The van der Waals surface area contributed by atoms with Gasteiger partial charge in [0, 0.05) is 12.1 Å². The molecule has 0 aromatic heterocycles. The highest BCUT2D eigenvalue weighted by Gasteiger charge is 2.45. The molecule has 4 heteroatoms. The van der Waals surface area contributed by atoms with E-state index in [0.29, 0.717) is 12.5 Å². The third kappa shape index (κ3) is 1.44. The quantitative estimate of drug-likeness (QED) is 0.549. The first-order valence-corrected chi connectivity index (χ1v) is 4.74. The molecule has 13 heavy (non-hydrogen) atoms. The number of nitrogens with one attached hydrogen (secondary N) is 1. The molecule has 0 spiro atoms. The minimum atomic E-state index is -0.522. The normalized spacial score (nSPS) is 43.2. The van der Waals surface area contributed by atoms with Crippen LogP contribution in [0.3, 0.4) is 0 Å². The maximum atomic E-state index is 11.3. The molecule has 0 aromatic rings. The van der Waals surface area contributed by atoms with Crippen molar-refractivity contribution in [2.75, 3.05) is 7.11 Å². The predicted octanol–water partition coefficient (Wildman–Crippen LogP) is -0.339. The van der Waals surface area contributed by atoms with E-state index >= 15 is 0 Å². The van der Waals surface area contributed by atoms with Gasteiger partial charge in [0.15, 0.2) is 0 Å². The molecule has 2 saturated heterocycles. The summed E-state index contributed by atoms with van der Waals surface area (Å²) in [6.07, 6.45) is 2.19. The lowest BCUT2D eigenvalue weighted by molar-refractivity contribution is -0.152. The fourth-order valence-electron chi connectivity index (χ4n) is 2.48. The fraction of sp³-hybridized carbons (Fsp3) is 0.889. The van der Waals surface area contributed by atoms with Gasteiger partial charge in [-0.15, -0.1) is 0 Å². The molecule has 2 N–H and O–H groups in total. The number of fused-ring (bicyclic) bond motifs is 2. The molecule has 2 aliphatic heterocycles. The summed E-state index contributed by atoms with van der Waals surface area (Å²) in [6.45, 7) is 0. The molecular weight excluding hydrogens is 170 g/mol. The molecule has 2 bridgehead atoms. The lowest BCUT2D eigenvalue weighted by atomic mass is 9.89. The molecule has 0 aliphatic carbocycles. The minimum absolute atomic E-state index is 0.126. The van der Waals surface area contributed by atoms with E-state index in [4.69, 9.17) is 0 Å². The third-order valence-corrected chi connectivity index (χ3v) is 3.12. The molecular formula is C9H15NO3. The Hall–Kier alpha value is -0.610. The second-order valence-corrected chi connectivity index (χ2v) is 3.90. The number of carbonyl (C=O) groups is 1. The van der Waals surface area contributed by atoms with E-state index in [1.165, 1.54) is 7.11 Å². The number of rotatable bonds is 1. The SMILES string of the molecule is COC(=O)[C@H]1[C@@H](O)C[C@@H]2CC[C@H]1N2. The number of hydrogen-bond acceptors (Lipinski definition) is 4. The summed E-state index contributed by atoms with van der Waals surface area (Å²) in [4.78, 5) is 11.3. The van der Waals surface area contributed by atoms with Crippen molar-refractivity contribution in [3.63, 3.8) is 0 Å². The lowest BCUT2D eigenvalue weighted by Crippen LogP contribution is -2.51. The van der Waals surface area contributed by atoms with Gasteiger partial charge in [0.25, 0.3) is 0 Å². The summed E-state index contributed by atoms with van der Waals surface area (Å²) in [5, 5.41) is 13.0. The molecule has 2 heterocycles. The molecule has 0 amide bonds. The van der Waals surface area contributed by atoms with Crippen LogP contribution in [0.25, 0.3) is 0 Å². The molecule has 4 nitrogen and oxygen atoms in total. The minimum Gasteiger partial charge on any atom is -0.469 e. The van der Waals surface area contributed by atoms with Gasteiger partial charge in [0.05, 0.1) is 19.1 Å².